The van der Waals surface area contributed by atoms with Gasteiger partial charge in [-0.25, -0.2) is 4.98 Å². The number of aromatic nitrogens is 5. The number of hydrogen-bond acceptors (Lipinski definition) is 6. The van der Waals surface area contributed by atoms with Crippen LogP contribution in [-0.4, -0.2) is 32.2 Å². The van der Waals surface area contributed by atoms with Crippen molar-refractivity contribution in [2.24, 2.45) is 0 Å². The highest BCUT2D eigenvalue weighted by molar-refractivity contribution is 5.78. The largest absolute Gasteiger partial charge is 0.487 e. The first kappa shape index (κ1) is 18.1. The average Bonchev–Trinajstić information content (AvgIpc) is 3.26. The van der Waals surface area contributed by atoms with Crippen LogP contribution in [-0.2, 0) is 17.8 Å². The molecule has 0 spiro atoms. The van der Waals surface area contributed by atoms with Gasteiger partial charge in [0.05, 0.1) is 23.9 Å². The molecule has 2 heterocycles. The Morgan fingerprint density at radius 3 is 2.68 bits per heavy atom. The first-order valence-corrected chi connectivity index (χ1v) is 9.19. The summed E-state index contributed by atoms with van der Waals surface area (Å²) in [5.74, 6) is 1.45. The lowest BCUT2D eigenvalue weighted by atomic mass is 10.1. The Hall–Kier alpha value is -3.32. The molecule has 1 unspecified atom stereocenters. The number of nitrogens with one attached hydrogen (secondary N) is 1. The average molecular weight is 375 g/mol. The highest BCUT2D eigenvalue weighted by Crippen LogP contribution is 2.21. The Balaban J connectivity index is 1.29. The molecule has 28 heavy (non-hydrogen) atoms. The van der Waals surface area contributed by atoms with Crippen molar-refractivity contribution in [2.45, 2.75) is 26.1 Å². The monoisotopic (exact) mass is 375 g/mol. The second-order valence-corrected chi connectivity index (χ2v) is 6.44. The summed E-state index contributed by atoms with van der Waals surface area (Å²) in [6.45, 7) is 2.98. The number of pyridine rings is 1. The first-order chi connectivity index (χ1) is 13.8. The van der Waals surface area contributed by atoms with E-state index in [-0.39, 0.29) is 6.10 Å². The van der Waals surface area contributed by atoms with Gasteiger partial charge < -0.3 is 9.47 Å². The van der Waals surface area contributed by atoms with Crippen molar-refractivity contribution in [1.82, 2.24) is 25.6 Å². The summed E-state index contributed by atoms with van der Waals surface area (Å²) >= 11 is 0. The number of fused-ring (bicyclic) bond motifs is 1. The maximum absolute atomic E-state index is 5.88. The minimum Gasteiger partial charge on any atom is -0.487 e. The van der Waals surface area contributed by atoms with E-state index >= 15 is 0 Å². The minimum atomic E-state index is -0.0249. The van der Waals surface area contributed by atoms with Crippen molar-refractivity contribution in [1.29, 1.82) is 0 Å². The van der Waals surface area contributed by atoms with E-state index in [0.717, 1.165) is 27.9 Å². The maximum Gasteiger partial charge on any atom is 0.176 e. The van der Waals surface area contributed by atoms with Gasteiger partial charge in [0, 0.05) is 11.8 Å². The van der Waals surface area contributed by atoms with Crippen LogP contribution in [0.2, 0.25) is 0 Å². The van der Waals surface area contributed by atoms with Crippen LogP contribution in [0.15, 0.2) is 60.7 Å². The Kier molecular flexibility index (Phi) is 5.53. The van der Waals surface area contributed by atoms with Crippen molar-refractivity contribution in [2.75, 3.05) is 6.61 Å². The predicted octanol–water partition coefficient (Wildman–Crippen LogP) is 3.65. The zero-order chi connectivity index (χ0) is 19.2. The fourth-order valence-electron chi connectivity index (χ4n) is 2.89. The number of ether oxygens (including phenoxy) is 2. The van der Waals surface area contributed by atoms with Crippen molar-refractivity contribution in [3.63, 3.8) is 0 Å². The van der Waals surface area contributed by atoms with E-state index in [4.69, 9.17) is 9.47 Å². The number of H-pyrrole nitrogens is 1. The standard InChI is InChI=1S/C21H21N5O2/c1-15(27-13-12-21-23-25-26-24-21)16-7-10-19(11-8-16)28-14-18-9-6-17-4-2-3-5-20(17)22-18/h2-11,15H,12-14H2,1H3,(H,23,24,25,26). The minimum absolute atomic E-state index is 0.0249. The maximum atomic E-state index is 5.88. The SMILES string of the molecule is CC(OCCc1nn[nH]n1)c1ccc(OCc2ccc3ccccc3n2)cc1. The van der Waals surface area contributed by atoms with Crippen LogP contribution in [0.1, 0.15) is 30.1 Å². The van der Waals surface area contributed by atoms with Gasteiger partial charge in [-0.05, 0) is 36.8 Å². The molecule has 1 atom stereocenters. The van der Waals surface area contributed by atoms with Gasteiger partial charge in [-0.1, -0.05) is 41.6 Å². The molecule has 0 radical (unpaired) electrons. The molecule has 0 amide bonds. The van der Waals surface area contributed by atoms with Crippen molar-refractivity contribution < 1.29 is 9.47 Å². The van der Waals surface area contributed by atoms with E-state index in [2.05, 4.69) is 37.7 Å². The molecular formula is C21H21N5O2. The first-order valence-electron chi connectivity index (χ1n) is 9.19. The molecule has 142 valence electrons. The molecule has 7 heteroatoms. The van der Waals surface area contributed by atoms with Gasteiger partial charge in [0.1, 0.15) is 12.4 Å². The molecule has 0 bridgehead atoms. The van der Waals surface area contributed by atoms with Crippen LogP contribution in [0.4, 0.5) is 0 Å². The number of hydrogen-bond donors (Lipinski definition) is 1. The van der Waals surface area contributed by atoms with Crippen LogP contribution in [0.3, 0.4) is 0 Å². The molecule has 0 fully saturated rings. The van der Waals surface area contributed by atoms with Crippen molar-refractivity contribution >= 4 is 10.9 Å². The van der Waals surface area contributed by atoms with E-state index in [1.807, 2.05) is 55.5 Å². The third-order valence-corrected chi connectivity index (χ3v) is 4.48. The second kappa shape index (κ2) is 8.58. The zero-order valence-corrected chi connectivity index (χ0v) is 15.6. The fraction of sp³-hybridized carbons (Fsp3) is 0.238. The van der Waals surface area contributed by atoms with Crippen LogP contribution < -0.4 is 4.74 Å². The van der Waals surface area contributed by atoms with Gasteiger partial charge in [-0.3, -0.25) is 0 Å². The molecule has 4 aromatic rings. The van der Waals surface area contributed by atoms with E-state index < -0.39 is 0 Å². The van der Waals surface area contributed by atoms with E-state index in [1.54, 1.807) is 0 Å². The fourth-order valence-corrected chi connectivity index (χ4v) is 2.89. The summed E-state index contributed by atoms with van der Waals surface area (Å²) in [4.78, 5) is 4.63. The number of benzene rings is 2. The smallest absolute Gasteiger partial charge is 0.176 e. The summed E-state index contributed by atoms with van der Waals surface area (Å²) in [5.41, 5.74) is 2.97. The van der Waals surface area contributed by atoms with Crippen LogP contribution in [0, 0.1) is 0 Å². The Labute approximate surface area is 162 Å². The highest BCUT2D eigenvalue weighted by Gasteiger charge is 2.08. The number of aromatic amines is 1. The number of para-hydroxylation sites is 1. The molecule has 1 N–H and O–H groups in total. The summed E-state index contributed by atoms with van der Waals surface area (Å²) in [7, 11) is 0. The number of nitrogens with zero attached hydrogens (tertiary/aromatic N) is 4. The molecule has 0 saturated carbocycles. The molecule has 0 aliphatic carbocycles. The van der Waals surface area contributed by atoms with Gasteiger partial charge in [0.25, 0.3) is 0 Å². The molecule has 0 saturated heterocycles. The molecule has 0 aliphatic rings. The van der Waals surface area contributed by atoms with Gasteiger partial charge in [0.2, 0.25) is 0 Å². The van der Waals surface area contributed by atoms with Gasteiger partial charge in [-0.15, -0.1) is 10.2 Å². The lowest BCUT2D eigenvalue weighted by Crippen LogP contribution is -2.05. The molecular weight excluding hydrogens is 354 g/mol. The Morgan fingerprint density at radius 2 is 1.86 bits per heavy atom. The lowest BCUT2D eigenvalue weighted by molar-refractivity contribution is 0.0672. The summed E-state index contributed by atoms with van der Waals surface area (Å²) in [6.07, 6.45) is 0.601. The molecule has 0 aliphatic heterocycles. The van der Waals surface area contributed by atoms with E-state index in [9.17, 15) is 0 Å². The Bertz CT molecular complexity index is 1020. The summed E-state index contributed by atoms with van der Waals surface area (Å²) in [6, 6.07) is 20.1. The highest BCUT2D eigenvalue weighted by atomic mass is 16.5. The van der Waals surface area contributed by atoms with Crippen LogP contribution in [0.5, 0.6) is 5.75 Å². The van der Waals surface area contributed by atoms with Crippen molar-refractivity contribution in [3.05, 3.63) is 77.7 Å². The number of tetrazole rings is 1. The normalized spacial score (nSPS) is 12.2. The lowest BCUT2D eigenvalue weighted by Gasteiger charge is -2.14. The molecule has 4 rings (SSSR count). The quantitative estimate of drug-likeness (QED) is 0.506. The van der Waals surface area contributed by atoms with E-state index in [1.165, 1.54) is 0 Å². The van der Waals surface area contributed by atoms with Crippen molar-refractivity contribution in [3.8, 4) is 5.75 Å². The van der Waals surface area contributed by atoms with E-state index in [0.29, 0.717) is 25.5 Å². The number of rotatable bonds is 8. The molecule has 2 aromatic heterocycles. The molecule has 7 nitrogen and oxygen atoms in total. The second-order valence-electron chi connectivity index (χ2n) is 6.44. The summed E-state index contributed by atoms with van der Waals surface area (Å²) < 4.78 is 11.7. The molecule has 2 aromatic carbocycles. The van der Waals surface area contributed by atoms with Gasteiger partial charge in [-0.2, -0.15) is 5.21 Å². The topological polar surface area (TPSA) is 85.8 Å². The predicted molar refractivity (Wildman–Crippen MR) is 105 cm³/mol. The summed E-state index contributed by atoms with van der Waals surface area (Å²) in [5, 5.41) is 14.9. The zero-order valence-electron chi connectivity index (χ0n) is 15.6. The van der Waals surface area contributed by atoms with Crippen LogP contribution >= 0.6 is 0 Å². The van der Waals surface area contributed by atoms with Crippen LogP contribution in [0.25, 0.3) is 10.9 Å². The Morgan fingerprint density at radius 1 is 1.00 bits per heavy atom. The van der Waals surface area contributed by atoms with Gasteiger partial charge in [0.15, 0.2) is 5.82 Å². The van der Waals surface area contributed by atoms with Gasteiger partial charge >= 0.3 is 0 Å². The third-order valence-electron chi connectivity index (χ3n) is 4.48. The third kappa shape index (κ3) is 4.50.